The van der Waals surface area contributed by atoms with E-state index in [9.17, 15) is 0 Å². The first-order valence-corrected chi connectivity index (χ1v) is 8.42. The Morgan fingerprint density at radius 3 is 2.38 bits per heavy atom. The van der Waals surface area contributed by atoms with Crippen LogP contribution in [0.5, 0.6) is 0 Å². The summed E-state index contributed by atoms with van der Waals surface area (Å²) in [5.74, 6) is 0. The standard InChI is InChI=1S/C17H28ClN3/c1-4-14(3)20-7-9-21(10-8-20)17-6-5-15(11-13(2)19)12-16(17)18/h5-6,12-14H,4,7-11,19H2,1-3H3. The SMILES string of the molecule is CCC(C)N1CCN(c2ccc(CC(C)N)cc2Cl)CC1. The van der Waals surface area contributed by atoms with Crippen LogP contribution in [0.2, 0.25) is 5.02 Å². The van der Waals surface area contributed by atoms with Gasteiger partial charge >= 0.3 is 0 Å². The van der Waals surface area contributed by atoms with E-state index in [2.05, 4.69) is 41.8 Å². The summed E-state index contributed by atoms with van der Waals surface area (Å²) in [5, 5.41) is 0.852. The lowest BCUT2D eigenvalue weighted by Crippen LogP contribution is -2.49. The van der Waals surface area contributed by atoms with Gasteiger partial charge in [0.1, 0.15) is 0 Å². The molecule has 1 saturated heterocycles. The number of anilines is 1. The summed E-state index contributed by atoms with van der Waals surface area (Å²) in [4.78, 5) is 4.96. The molecule has 1 fully saturated rings. The maximum absolute atomic E-state index is 6.48. The molecule has 2 unspecified atom stereocenters. The summed E-state index contributed by atoms with van der Waals surface area (Å²) in [6, 6.07) is 7.23. The molecule has 0 bridgehead atoms. The smallest absolute Gasteiger partial charge is 0.0642 e. The van der Waals surface area contributed by atoms with Crippen LogP contribution in [0.15, 0.2) is 18.2 Å². The molecule has 1 aromatic rings. The van der Waals surface area contributed by atoms with Crippen LogP contribution in [0, 0.1) is 0 Å². The third-order valence-electron chi connectivity index (χ3n) is 4.44. The molecular weight excluding hydrogens is 282 g/mol. The first kappa shape index (κ1) is 16.6. The van der Waals surface area contributed by atoms with E-state index < -0.39 is 0 Å². The molecule has 0 aromatic heterocycles. The van der Waals surface area contributed by atoms with Gasteiger partial charge in [0.15, 0.2) is 0 Å². The van der Waals surface area contributed by atoms with Crippen LogP contribution in [0.1, 0.15) is 32.8 Å². The summed E-state index contributed by atoms with van der Waals surface area (Å²) in [6.07, 6.45) is 2.09. The second-order valence-electron chi connectivity index (χ2n) is 6.25. The van der Waals surface area contributed by atoms with E-state index >= 15 is 0 Å². The minimum atomic E-state index is 0.172. The van der Waals surface area contributed by atoms with Gasteiger partial charge in [-0.05, 0) is 44.4 Å². The van der Waals surface area contributed by atoms with Gasteiger partial charge in [-0.25, -0.2) is 0 Å². The van der Waals surface area contributed by atoms with Crippen LogP contribution < -0.4 is 10.6 Å². The fraction of sp³-hybridized carbons (Fsp3) is 0.647. The third-order valence-corrected chi connectivity index (χ3v) is 4.74. The number of hydrogen-bond acceptors (Lipinski definition) is 3. The van der Waals surface area contributed by atoms with Gasteiger partial charge in [0.05, 0.1) is 10.7 Å². The zero-order chi connectivity index (χ0) is 15.4. The van der Waals surface area contributed by atoms with Crippen molar-refractivity contribution in [3.05, 3.63) is 28.8 Å². The Bertz CT molecular complexity index is 453. The summed E-state index contributed by atoms with van der Waals surface area (Å²) in [5.41, 5.74) is 8.23. The van der Waals surface area contributed by atoms with Crippen molar-refractivity contribution in [2.45, 2.75) is 45.7 Å². The lowest BCUT2D eigenvalue weighted by molar-refractivity contribution is 0.193. The van der Waals surface area contributed by atoms with E-state index in [4.69, 9.17) is 17.3 Å². The van der Waals surface area contributed by atoms with Gasteiger partial charge in [-0.1, -0.05) is 24.6 Å². The summed E-state index contributed by atoms with van der Waals surface area (Å²) < 4.78 is 0. The van der Waals surface area contributed by atoms with Crippen molar-refractivity contribution in [3.63, 3.8) is 0 Å². The van der Waals surface area contributed by atoms with E-state index in [1.165, 1.54) is 12.0 Å². The highest BCUT2D eigenvalue weighted by Crippen LogP contribution is 2.28. The highest BCUT2D eigenvalue weighted by atomic mass is 35.5. The molecule has 3 nitrogen and oxygen atoms in total. The molecule has 1 aromatic carbocycles. The highest BCUT2D eigenvalue weighted by molar-refractivity contribution is 6.33. The van der Waals surface area contributed by atoms with Crippen molar-refractivity contribution in [2.24, 2.45) is 5.73 Å². The Morgan fingerprint density at radius 2 is 1.86 bits per heavy atom. The summed E-state index contributed by atoms with van der Waals surface area (Å²) >= 11 is 6.48. The number of benzene rings is 1. The molecule has 4 heteroatoms. The molecule has 0 spiro atoms. The zero-order valence-corrected chi connectivity index (χ0v) is 14.2. The summed E-state index contributed by atoms with van der Waals surface area (Å²) in [7, 11) is 0. The van der Waals surface area contributed by atoms with Crippen LogP contribution in [-0.2, 0) is 6.42 Å². The number of piperazine rings is 1. The van der Waals surface area contributed by atoms with Crippen LogP contribution in [0.3, 0.4) is 0 Å². The Morgan fingerprint density at radius 1 is 1.19 bits per heavy atom. The van der Waals surface area contributed by atoms with Crippen molar-refractivity contribution < 1.29 is 0 Å². The van der Waals surface area contributed by atoms with Crippen molar-refractivity contribution >= 4 is 17.3 Å². The Kier molecular flexibility index (Phi) is 5.91. The van der Waals surface area contributed by atoms with Gasteiger partial charge in [0.25, 0.3) is 0 Å². The number of halogens is 1. The molecule has 2 atom stereocenters. The largest absolute Gasteiger partial charge is 0.368 e. The van der Waals surface area contributed by atoms with E-state index in [1.807, 2.05) is 6.92 Å². The molecule has 1 aliphatic rings. The predicted octanol–water partition coefficient (Wildman–Crippen LogP) is 3.15. The quantitative estimate of drug-likeness (QED) is 0.907. The van der Waals surface area contributed by atoms with Gasteiger partial charge in [0, 0.05) is 38.3 Å². The molecule has 1 aliphatic heterocycles. The average Bonchev–Trinajstić information content (AvgIpc) is 2.46. The zero-order valence-electron chi connectivity index (χ0n) is 13.5. The molecule has 2 N–H and O–H groups in total. The van der Waals surface area contributed by atoms with Crippen molar-refractivity contribution in [1.29, 1.82) is 0 Å². The molecule has 0 aliphatic carbocycles. The molecule has 21 heavy (non-hydrogen) atoms. The van der Waals surface area contributed by atoms with Crippen LogP contribution in [0.4, 0.5) is 5.69 Å². The number of hydrogen-bond donors (Lipinski definition) is 1. The fourth-order valence-electron chi connectivity index (χ4n) is 2.97. The second kappa shape index (κ2) is 7.48. The van der Waals surface area contributed by atoms with Crippen molar-refractivity contribution in [1.82, 2.24) is 4.90 Å². The van der Waals surface area contributed by atoms with Crippen molar-refractivity contribution in [3.8, 4) is 0 Å². The average molecular weight is 310 g/mol. The topological polar surface area (TPSA) is 32.5 Å². The number of rotatable bonds is 5. The Balaban J connectivity index is 2.00. The maximum Gasteiger partial charge on any atom is 0.0642 e. The summed E-state index contributed by atoms with van der Waals surface area (Å²) in [6.45, 7) is 10.9. The second-order valence-corrected chi connectivity index (χ2v) is 6.65. The van der Waals surface area contributed by atoms with Crippen LogP contribution in [0.25, 0.3) is 0 Å². The maximum atomic E-state index is 6.48. The fourth-order valence-corrected chi connectivity index (χ4v) is 3.29. The minimum Gasteiger partial charge on any atom is -0.368 e. The molecule has 1 heterocycles. The van der Waals surface area contributed by atoms with E-state index in [0.29, 0.717) is 6.04 Å². The molecular formula is C17H28ClN3. The third kappa shape index (κ3) is 4.35. The first-order chi connectivity index (χ1) is 10.0. The highest BCUT2D eigenvalue weighted by Gasteiger charge is 2.21. The predicted molar refractivity (Wildman–Crippen MR) is 92.3 cm³/mol. The minimum absolute atomic E-state index is 0.172. The molecule has 0 radical (unpaired) electrons. The Hall–Kier alpha value is -0.770. The Labute approximate surface area is 134 Å². The lowest BCUT2D eigenvalue weighted by Gasteiger charge is -2.39. The van der Waals surface area contributed by atoms with Crippen LogP contribution >= 0.6 is 11.6 Å². The lowest BCUT2D eigenvalue weighted by atomic mass is 10.1. The van der Waals surface area contributed by atoms with Gasteiger partial charge in [-0.2, -0.15) is 0 Å². The number of nitrogens with zero attached hydrogens (tertiary/aromatic N) is 2. The van der Waals surface area contributed by atoms with Gasteiger partial charge in [0.2, 0.25) is 0 Å². The van der Waals surface area contributed by atoms with E-state index in [-0.39, 0.29) is 6.04 Å². The monoisotopic (exact) mass is 309 g/mol. The van der Waals surface area contributed by atoms with Gasteiger partial charge in [-0.3, -0.25) is 4.90 Å². The van der Waals surface area contributed by atoms with Crippen LogP contribution in [-0.4, -0.2) is 43.2 Å². The molecule has 0 saturated carbocycles. The van der Waals surface area contributed by atoms with E-state index in [1.54, 1.807) is 0 Å². The van der Waals surface area contributed by atoms with Gasteiger partial charge < -0.3 is 10.6 Å². The molecule has 2 rings (SSSR count). The number of nitrogens with two attached hydrogens (primary N) is 1. The molecule has 118 valence electrons. The molecule has 0 amide bonds. The van der Waals surface area contributed by atoms with Gasteiger partial charge in [-0.15, -0.1) is 0 Å². The van der Waals surface area contributed by atoms with Crippen molar-refractivity contribution in [2.75, 3.05) is 31.1 Å². The first-order valence-electron chi connectivity index (χ1n) is 8.04. The van der Waals surface area contributed by atoms with E-state index in [0.717, 1.165) is 43.3 Å². The normalized spacial score (nSPS) is 19.6.